The van der Waals surface area contributed by atoms with Gasteiger partial charge in [0.2, 0.25) is 5.89 Å². The third-order valence-electron chi connectivity index (χ3n) is 2.72. The van der Waals surface area contributed by atoms with E-state index in [1.807, 2.05) is 20.8 Å². The van der Waals surface area contributed by atoms with Gasteiger partial charge in [-0.3, -0.25) is 0 Å². The Morgan fingerprint density at radius 1 is 1.29 bits per heavy atom. The number of rotatable bonds is 7. The van der Waals surface area contributed by atoms with Crippen LogP contribution in [0.5, 0.6) is 0 Å². The fourth-order valence-electron chi connectivity index (χ4n) is 1.24. The first-order valence-electron chi connectivity index (χ1n) is 6.25. The van der Waals surface area contributed by atoms with E-state index in [9.17, 15) is 22.7 Å². The zero-order valence-electron chi connectivity index (χ0n) is 11.9. The van der Waals surface area contributed by atoms with E-state index >= 15 is 0 Å². The Bertz CT molecular complexity index is 446. The number of aliphatic hydroxyl groups is 1. The van der Waals surface area contributed by atoms with Crippen molar-refractivity contribution in [1.29, 1.82) is 0 Å². The molecule has 1 N–H and O–H groups in total. The Morgan fingerprint density at radius 2 is 1.90 bits per heavy atom. The fourth-order valence-corrected chi connectivity index (χ4v) is 1.24. The minimum Gasteiger partial charge on any atom is -0.392 e. The molecule has 0 aliphatic heterocycles. The lowest BCUT2D eigenvalue weighted by molar-refractivity contribution is -0.168. The highest BCUT2D eigenvalue weighted by Crippen LogP contribution is 2.24. The Kier molecular flexibility index (Phi) is 5.68. The van der Waals surface area contributed by atoms with Crippen LogP contribution in [-0.2, 0) is 17.8 Å². The summed E-state index contributed by atoms with van der Waals surface area (Å²) in [6.45, 7) is 3.57. The van der Waals surface area contributed by atoms with Crippen molar-refractivity contribution in [3.63, 3.8) is 0 Å². The molecule has 9 heteroatoms. The predicted octanol–water partition coefficient (Wildman–Crippen LogP) is 2.44. The van der Waals surface area contributed by atoms with Crippen molar-refractivity contribution in [2.75, 3.05) is 6.61 Å². The zero-order valence-corrected chi connectivity index (χ0v) is 11.9. The van der Waals surface area contributed by atoms with E-state index < -0.39 is 31.7 Å². The second-order valence-electron chi connectivity index (χ2n) is 5.74. The third-order valence-corrected chi connectivity index (χ3v) is 2.72. The summed E-state index contributed by atoms with van der Waals surface area (Å²) in [7, 11) is 0. The number of aliphatic hydroxyl groups excluding tert-OH is 1. The van der Waals surface area contributed by atoms with Gasteiger partial charge in [-0.25, -0.2) is 8.78 Å². The quantitative estimate of drug-likeness (QED) is 0.783. The van der Waals surface area contributed by atoms with E-state index in [0.717, 1.165) is 0 Å². The van der Waals surface area contributed by atoms with Crippen molar-refractivity contribution in [2.24, 2.45) is 5.41 Å². The highest BCUT2D eigenvalue weighted by Gasteiger charge is 2.41. The largest absolute Gasteiger partial charge is 0.392 e. The number of ether oxygens (including phenoxy) is 1. The third kappa shape index (κ3) is 5.58. The molecule has 1 unspecified atom stereocenters. The van der Waals surface area contributed by atoms with Crippen LogP contribution in [0.15, 0.2) is 4.52 Å². The molecule has 0 radical (unpaired) electrons. The average Bonchev–Trinajstić information content (AvgIpc) is 2.75. The van der Waals surface area contributed by atoms with Crippen LogP contribution in [0.25, 0.3) is 0 Å². The van der Waals surface area contributed by atoms with E-state index in [2.05, 4.69) is 14.9 Å². The number of halogens is 4. The van der Waals surface area contributed by atoms with Crippen molar-refractivity contribution in [3.05, 3.63) is 11.7 Å². The maximum absolute atomic E-state index is 12.6. The maximum atomic E-state index is 12.6. The van der Waals surface area contributed by atoms with Gasteiger partial charge >= 0.3 is 12.3 Å². The van der Waals surface area contributed by atoms with Crippen LogP contribution >= 0.6 is 0 Å². The molecular weight excluding hydrogens is 296 g/mol. The standard InChI is InChI=1S/C12H18F4N2O3/c1-11(2,3)7(19)4-9-17-8(18-21-9)5-20-6-12(15,16)10(13)14/h7,10,19H,4-6H2,1-3H3. The summed E-state index contributed by atoms with van der Waals surface area (Å²) >= 11 is 0. The molecule has 21 heavy (non-hydrogen) atoms. The highest BCUT2D eigenvalue weighted by molar-refractivity contribution is 4.89. The SMILES string of the molecule is CC(C)(C)C(O)Cc1nc(COCC(F)(F)C(F)F)no1. The van der Waals surface area contributed by atoms with Crippen LogP contribution < -0.4 is 0 Å². The van der Waals surface area contributed by atoms with Crippen LogP contribution in [0.3, 0.4) is 0 Å². The van der Waals surface area contributed by atoms with Crippen LogP contribution in [0.1, 0.15) is 32.5 Å². The van der Waals surface area contributed by atoms with Crippen LogP contribution in [0.2, 0.25) is 0 Å². The topological polar surface area (TPSA) is 68.4 Å². The Hall–Kier alpha value is -1.22. The molecule has 122 valence electrons. The van der Waals surface area contributed by atoms with Crippen molar-refractivity contribution in [3.8, 4) is 0 Å². The normalized spacial score (nSPS) is 14.7. The Labute approximate surface area is 119 Å². The van der Waals surface area contributed by atoms with Gasteiger partial charge in [0.25, 0.3) is 0 Å². The van der Waals surface area contributed by atoms with Gasteiger partial charge < -0.3 is 14.4 Å². The fraction of sp³-hybridized carbons (Fsp3) is 0.833. The van der Waals surface area contributed by atoms with E-state index in [1.54, 1.807) is 0 Å². The lowest BCUT2D eigenvalue weighted by Crippen LogP contribution is -2.32. The van der Waals surface area contributed by atoms with E-state index in [4.69, 9.17) is 4.52 Å². The van der Waals surface area contributed by atoms with Gasteiger partial charge in [-0.15, -0.1) is 0 Å². The summed E-state index contributed by atoms with van der Waals surface area (Å²) in [4.78, 5) is 3.83. The second-order valence-corrected chi connectivity index (χ2v) is 5.74. The molecular formula is C12H18F4N2O3. The number of nitrogens with zero attached hydrogens (tertiary/aromatic N) is 2. The summed E-state index contributed by atoms with van der Waals surface area (Å²) in [5, 5.41) is 13.3. The van der Waals surface area contributed by atoms with Crippen molar-refractivity contribution in [1.82, 2.24) is 10.1 Å². The smallest absolute Gasteiger partial charge is 0.330 e. The van der Waals surface area contributed by atoms with E-state index in [0.29, 0.717) is 0 Å². The van der Waals surface area contributed by atoms with Gasteiger partial charge in [0.15, 0.2) is 5.82 Å². The van der Waals surface area contributed by atoms with Crippen LogP contribution in [-0.4, -0.2) is 40.3 Å². The van der Waals surface area contributed by atoms with Crippen molar-refractivity contribution >= 4 is 0 Å². The summed E-state index contributed by atoms with van der Waals surface area (Å²) in [6, 6.07) is 0. The van der Waals surface area contributed by atoms with Gasteiger partial charge in [0, 0.05) is 0 Å². The van der Waals surface area contributed by atoms with Gasteiger partial charge in [-0.05, 0) is 5.41 Å². The molecule has 1 atom stereocenters. The molecule has 1 aromatic heterocycles. The number of alkyl halides is 4. The molecule has 0 saturated heterocycles. The van der Waals surface area contributed by atoms with Gasteiger partial charge in [0.05, 0.1) is 12.5 Å². The summed E-state index contributed by atoms with van der Waals surface area (Å²) < 4.78 is 58.2. The molecule has 0 aliphatic rings. The first-order valence-corrected chi connectivity index (χ1v) is 6.25. The molecule has 1 heterocycles. The monoisotopic (exact) mass is 314 g/mol. The molecule has 5 nitrogen and oxygen atoms in total. The molecule has 0 amide bonds. The lowest BCUT2D eigenvalue weighted by Gasteiger charge is -2.24. The average molecular weight is 314 g/mol. The van der Waals surface area contributed by atoms with Gasteiger partial charge in [-0.2, -0.15) is 13.8 Å². The molecule has 0 aliphatic carbocycles. The van der Waals surface area contributed by atoms with Crippen molar-refractivity contribution < 1.29 is 31.9 Å². The first kappa shape index (κ1) is 17.8. The maximum Gasteiger partial charge on any atom is 0.330 e. The minimum absolute atomic E-state index is 0.0452. The zero-order chi connectivity index (χ0) is 16.3. The Morgan fingerprint density at radius 3 is 2.43 bits per heavy atom. The molecule has 0 fully saturated rings. The molecule has 0 spiro atoms. The van der Waals surface area contributed by atoms with Crippen molar-refractivity contribution in [2.45, 2.75) is 52.3 Å². The molecule has 1 rings (SSSR count). The van der Waals surface area contributed by atoms with Crippen LogP contribution in [0.4, 0.5) is 17.6 Å². The second kappa shape index (κ2) is 6.69. The Balaban J connectivity index is 2.46. The lowest BCUT2D eigenvalue weighted by atomic mass is 9.87. The molecule has 1 aromatic rings. The summed E-state index contributed by atoms with van der Waals surface area (Å²) in [5.41, 5.74) is -0.384. The molecule has 0 bridgehead atoms. The van der Waals surface area contributed by atoms with Gasteiger partial charge in [-0.1, -0.05) is 25.9 Å². The van der Waals surface area contributed by atoms with Crippen LogP contribution in [0, 0.1) is 5.41 Å². The predicted molar refractivity (Wildman–Crippen MR) is 64.1 cm³/mol. The van der Waals surface area contributed by atoms with E-state index in [-0.39, 0.29) is 23.6 Å². The molecule has 0 saturated carbocycles. The summed E-state index contributed by atoms with van der Waals surface area (Å²) in [6.07, 6.45) is -4.42. The molecule has 0 aromatic carbocycles. The number of hydrogen-bond acceptors (Lipinski definition) is 5. The minimum atomic E-state index is -4.21. The first-order chi connectivity index (χ1) is 9.52. The highest BCUT2D eigenvalue weighted by atomic mass is 19.3. The number of aromatic nitrogens is 2. The number of hydrogen-bond donors (Lipinski definition) is 1. The van der Waals surface area contributed by atoms with Gasteiger partial charge in [0.1, 0.15) is 13.2 Å². The summed E-state index contributed by atoms with van der Waals surface area (Å²) in [5.74, 6) is -4.14. The van der Waals surface area contributed by atoms with E-state index in [1.165, 1.54) is 0 Å².